The Bertz CT molecular complexity index is 656. The molecule has 1 atom stereocenters. The number of carbonyl (C=O) groups excluding carboxylic acids is 3. The zero-order valence-electron chi connectivity index (χ0n) is 13.2. The zero-order valence-corrected chi connectivity index (χ0v) is 13.2. The zero-order chi connectivity index (χ0) is 16.4. The van der Waals surface area contributed by atoms with E-state index in [9.17, 15) is 14.4 Å². The summed E-state index contributed by atoms with van der Waals surface area (Å²) < 4.78 is 0. The Kier molecular flexibility index (Phi) is 4.32. The van der Waals surface area contributed by atoms with Crippen molar-refractivity contribution in [2.75, 3.05) is 18.4 Å². The second kappa shape index (κ2) is 6.40. The molecule has 3 amide bonds. The highest BCUT2D eigenvalue weighted by Gasteiger charge is 2.26. The van der Waals surface area contributed by atoms with Gasteiger partial charge in [-0.15, -0.1) is 0 Å². The van der Waals surface area contributed by atoms with Crippen molar-refractivity contribution in [2.24, 2.45) is 0 Å². The first-order chi connectivity index (χ1) is 11.1. The van der Waals surface area contributed by atoms with Crippen molar-refractivity contribution in [1.82, 2.24) is 10.2 Å². The fourth-order valence-electron chi connectivity index (χ4n) is 3.15. The Morgan fingerprint density at radius 3 is 3.00 bits per heavy atom. The maximum absolute atomic E-state index is 12.7. The summed E-state index contributed by atoms with van der Waals surface area (Å²) in [5, 5.41) is 5.73. The number of hydrogen-bond donors (Lipinski definition) is 2. The lowest BCUT2D eigenvalue weighted by Crippen LogP contribution is -2.49. The molecule has 0 aromatic heterocycles. The van der Waals surface area contributed by atoms with E-state index < -0.39 is 0 Å². The summed E-state index contributed by atoms with van der Waals surface area (Å²) in [4.78, 5) is 37.4. The molecular formula is C17H21N3O3. The van der Waals surface area contributed by atoms with Crippen molar-refractivity contribution >= 4 is 23.4 Å². The van der Waals surface area contributed by atoms with Crippen LogP contribution in [0.4, 0.5) is 5.69 Å². The maximum atomic E-state index is 12.7. The number of nitrogens with zero attached hydrogens (tertiary/aromatic N) is 1. The van der Waals surface area contributed by atoms with E-state index in [-0.39, 0.29) is 23.8 Å². The van der Waals surface area contributed by atoms with Gasteiger partial charge in [0.15, 0.2) is 0 Å². The molecule has 122 valence electrons. The van der Waals surface area contributed by atoms with E-state index in [1.807, 2.05) is 6.92 Å². The van der Waals surface area contributed by atoms with Crippen LogP contribution in [-0.4, -0.2) is 41.8 Å². The van der Waals surface area contributed by atoms with Gasteiger partial charge in [0.05, 0.1) is 6.42 Å². The molecule has 0 saturated carbocycles. The normalized spacial score (nSPS) is 20.0. The van der Waals surface area contributed by atoms with Gasteiger partial charge in [-0.25, -0.2) is 0 Å². The highest BCUT2D eigenvalue weighted by Crippen LogP contribution is 2.25. The van der Waals surface area contributed by atoms with E-state index in [1.165, 1.54) is 0 Å². The van der Waals surface area contributed by atoms with Crippen molar-refractivity contribution in [1.29, 1.82) is 0 Å². The standard InChI is InChI=1S/C17H21N3O3/c1-2-15(21)18-13-4-3-7-20(10-13)17(23)11-5-6-14-12(8-11)9-16(22)19-14/h5-6,8,13H,2-4,7,9-10H2,1H3,(H,18,21)(H,19,22). The lowest BCUT2D eigenvalue weighted by atomic mass is 10.0. The van der Waals surface area contributed by atoms with E-state index in [2.05, 4.69) is 10.6 Å². The monoisotopic (exact) mass is 315 g/mol. The maximum Gasteiger partial charge on any atom is 0.253 e. The molecule has 23 heavy (non-hydrogen) atoms. The summed E-state index contributed by atoms with van der Waals surface area (Å²) in [6.07, 6.45) is 2.56. The molecule has 1 fully saturated rings. The van der Waals surface area contributed by atoms with Gasteiger partial charge in [-0.3, -0.25) is 14.4 Å². The molecule has 1 saturated heterocycles. The van der Waals surface area contributed by atoms with Crippen LogP contribution in [0.1, 0.15) is 42.1 Å². The largest absolute Gasteiger partial charge is 0.352 e. The second-order valence-corrected chi connectivity index (χ2v) is 6.11. The highest BCUT2D eigenvalue weighted by atomic mass is 16.2. The quantitative estimate of drug-likeness (QED) is 0.883. The number of fused-ring (bicyclic) bond motifs is 1. The molecule has 3 rings (SSSR count). The van der Waals surface area contributed by atoms with E-state index >= 15 is 0 Å². The first-order valence-corrected chi connectivity index (χ1v) is 8.08. The number of amides is 3. The summed E-state index contributed by atoms with van der Waals surface area (Å²) in [5.41, 5.74) is 2.26. The Hall–Kier alpha value is -2.37. The molecular weight excluding hydrogens is 294 g/mol. The fourth-order valence-corrected chi connectivity index (χ4v) is 3.15. The van der Waals surface area contributed by atoms with Gasteiger partial charge in [0.2, 0.25) is 11.8 Å². The average Bonchev–Trinajstić information content (AvgIpc) is 2.93. The molecule has 0 radical (unpaired) electrons. The molecule has 0 spiro atoms. The number of rotatable bonds is 3. The molecule has 2 aliphatic heterocycles. The molecule has 6 nitrogen and oxygen atoms in total. The van der Waals surface area contributed by atoms with Gasteiger partial charge in [0, 0.05) is 36.8 Å². The van der Waals surface area contributed by atoms with Gasteiger partial charge < -0.3 is 15.5 Å². The first-order valence-electron chi connectivity index (χ1n) is 8.08. The van der Waals surface area contributed by atoms with Crippen LogP contribution in [0, 0.1) is 0 Å². The summed E-state index contributed by atoms with van der Waals surface area (Å²) in [7, 11) is 0. The Morgan fingerprint density at radius 1 is 1.39 bits per heavy atom. The molecule has 2 heterocycles. The van der Waals surface area contributed by atoms with E-state index in [0.29, 0.717) is 31.5 Å². The average molecular weight is 315 g/mol. The molecule has 0 aliphatic carbocycles. The van der Waals surface area contributed by atoms with Crippen LogP contribution in [0.5, 0.6) is 0 Å². The molecule has 1 aromatic rings. The van der Waals surface area contributed by atoms with Crippen molar-refractivity contribution in [3.8, 4) is 0 Å². The van der Waals surface area contributed by atoms with Gasteiger partial charge in [-0.05, 0) is 36.6 Å². The predicted octanol–water partition coefficient (Wildman–Crippen LogP) is 1.31. The van der Waals surface area contributed by atoms with Crippen LogP contribution >= 0.6 is 0 Å². The van der Waals surface area contributed by atoms with Gasteiger partial charge in [0.1, 0.15) is 0 Å². The molecule has 0 bridgehead atoms. The van der Waals surface area contributed by atoms with E-state index in [0.717, 1.165) is 24.1 Å². The van der Waals surface area contributed by atoms with Crippen LogP contribution in [0.25, 0.3) is 0 Å². The van der Waals surface area contributed by atoms with Gasteiger partial charge >= 0.3 is 0 Å². The number of piperidine rings is 1. The molecule has 1 unspecified atom stereocenters. The van der Waals surface area contributed by atoms with Crippen LogP contribution in [0.3, 0.4) is 0 Å². The van der Waals surface area contributed by atoms with Crippen LogP contribution in [0.15, 0.2) is 18.2 Å². The Balaban J connectivity index is 1.69. The van der Waals surface area contributed by atoms with Crippen LogP contribution < -0.4 is 10.6 Å². The van der Waals surface area contributed by atoms with Crippen LogP contribution in [-0.2, 0) is 16.0 Å². The third-order valence-electron chi connectivity index (χ3n) is 4.37. The van der Waals surface area contributed by atoms with Gasteiger partial charge in [-0.1, -0.05) is 6.92 Å². The van der Waals surface area contributed by atoms with Crippen molar-refractivity contribution < 1.29 is 14.4 Å². The lowest BCUT2D eigenvalue weighted by molar-refractivity contribution is -0.121. The van der Waals surface area contributed by atoms with E-state index in [4.69, 9.17) is 0 Å². The number of benzene rings is 1. The minimum absolute atomic E-state index is 0.0198. The summed E-state index contributed by atoms with van der Waals surface area (Å²) in [6.45, 7) is 3.06. The van der Waals surface area contributed by atoms with Crippen molar-refractivity contribution in [2.45, 2.75) is 38.6 Å². The smallest absolute Gasteiger partial charge is 0.253 e. The second-order valence-electron chi connectivity index (χ2n) is 6.11. The fraction of sp³-hybridized carbons (Fsp3) is 0.471. The lowest BCUT2D eigenvalue weighted by Gasteiger charge is -2.33. The van der Waals surface area contributed by atoms with Crippen molar-refractivity contribution in [3.05, 3.63) is 29.3 Å². The Morgan fingerprint density at radius 2 is 2.22 bits per heavy atom. The van der Waals surface area contributed by atoms with Gasteiger partial charge in [-0.2, -0.15) is 0 Å². The molecule has 2 N–H and O–H groups in total. The number of carbonyl (C=O) groups is 3. The van der Waals surface area contributed by atoms with Crippen molar-refractivity contribution in [3.63, 3.8) is 0 Å². The number of nitrogens with one attached hydrogen (secondary N) is 2. The van der Waals surface area contributed by atoms with Crippen LogP contribution in [0.2, 0.25) is 0 Å². The predicted molar refractivity (Wildman–Crippen MR) is 86.1 cm³/mol. The Labute approximate surface area is 135 Å². The molecule has 2 aliphatic rings. The van der Waals surface area contributed by atoms with E-state index in [1.54, 1.807) is 23.1 Å². The third kappa shape index (κ3) is 3.36. The summed E-state index contributed by atoms with van der Waals surface area (Å²) in [6, 6.07) is 5.36. The summed E-state index contributed by atoms with van der Waals surface area (Å²) >= 11 is 0. The molecule has 1 aromatic carbocycles. The van der Waals surface area contributed by atoms with Gasteiger partial charge in [0.25, 0.3) is 5.91 Å². The number of likely N-dealkylation sites (tertiary alicyclic amines) is 1. The first kappa shape index (κ1) is 15.5. The SMILES string of the molecule is CCC(=O)NC1CCCN(C(=O)c2ccc3c(c2)CC(=O)N3)C1. The topological polar surface area (TPSA) is 78.5 Å². The molecule has 6 heteroatoms. The minimum Gasteiger partial charge on any atom is -0.352 e. The number of hydrogen-bond acceptors (Lipinski definition) is 3. The highest BCUT2D eigenvalue weighted by molar-refractivity contribution is 6.01. The third-order valence-corrected chi connectivity index (χ3v) is 4.37. The summed E-state index contributed by atoms with van der Waals surface area (Å²) in [5.74, 6) is -0.0565. The minimum atomic E-state index is -0.0393. The number of anilines is 1.